The first-order chi connectivity index (χ1) is 8.25. The predicted octanol–water partition coefficient (Wildman–Crippen LogP) is 3.17. The maximum atomic E-state index is 10.2. The van der Waals surface area contributed by atoms with Crippen molar-refractivity contribution in [3.8, 4) is 16.3 Å². The number of hydrogen-bond acceptors (Lipinski definition) is 2. The topological polar surface area (TPSA) is 24.3 Å². The van der Waals surface area contributed by atoms with Crippen molar-refractivity contribution in [1.29, 1.82) is 0 Å². The average Bonchev–Trinajstić information content (AvgIpc) is 2.67. The van der Waals surface area contributed by atoms with Gasteiger partial charge in [-0.15, -0.1) is 4.40 Å². The lowest BCUT2D eigenvalue weighted by Crippen LogP contribution is -2.17. The van der Waals surface area contributed by atoms with Crippen molar-refractivity contribution in [3.63, 3.8) is 0 Å². The van der Waals surface area contributed by atoms with E-state index in [0.29, 0.717) is 5.88 Å². The summed E-state index contributed by atoms with van der Waals surface area (Å²) in [6, 6.07) is 14.0. The highest BCUT2D eigenvalue weighted by molar-refractivity contribution is 7.20. The number of rotatable bonds is 1. The lowest BCUT2D eigenvalue weighted by atomic mass is 10.2. The van der Waals surface area contributed by atoms with E-state index >= 15 is 0 Å². The fourth-order valence-electron chi connectivity index (χ4n) is 1.87. The first kappa shape index (κ1) is 10.3. The zero-order chi connectivity index (χ0) is 11.8. The summed E-state index contributed by atoms with van der Waals surface area (Å²) in [4.78, 5) is 1.97. The van der Waals surface area contributed by atoms with Gasteiger partial charge in [-0.1, -0.05) is 41.7 Å². The number of fused-ring (bicyclic) bond motifs is 1. The lowest BCUT2D eigenvalue weighted by Gasteiger charge is -1.92. The zero-order valence-corrected chi connectivity index (χ0v) is 10.2. The van der Waals surface area contributed by atoms with E-state index in [4.69, 9.17) is 0 Å². The number of benzene rings is 1. The molecule has 3 heteroatoms. The molecule has 1 N–H and O–H groups in total. The molecule has 2 nitrogen and oxygen atoms in total. The molecule has 1 aromatic carbocycles. The van der Waals surface area contributed by atoms with Gasteiger partial charge in [-0.05, 0) is 12.5 Å². The molecule has 2 heterocycles. The molecule has 0 radical (unpaired) electrons. The fraction of sp³-hybridized carbons (Fsp3) is 0.0714. The number of nitrogens with zero attached hydrogens (tertiary/aromatic N) is 1. The van der Waals surface area contributed by atoms with Gasteiger partial charge in [0, 0.05) is 17.7 Å². The Labute approximate surface area is 103 Å². The minimum atomic E-state index is 0.316. The molecule has 0 aliphatic heterocycles. The molecule has 3 aromatic rings. The number of aromatic nitrogens is 1. The summed E-state index contributed by atoms with van der Waals surface area (Å²) in [5, 5.41) is 10.2. The largest absolute Gasteiger partial charge is 0.458 e. The van der Waals surface area contributed by atoms with Crippen LogP contribution in [0.3, 0.4) is 0 Å². The third kappa shape index (κ3) is 1.68. The Morgan fingerprint density at radius 1 is 1.12 bits per heavy atom. The molecule has 0 saturated heterocycles. The molecule has 84 valence electrons. The maximum absolute atomic E-state index is 10.2. The van der Waals surface area contributed by atoms with Crippen molar-refractivity contribution >= 4 is 16.2 Å². The minimum Gasteiger partial charge on any atom is -0.458 e. The monoisotopic (exact) mass is 242 g/mol. The van der Waals surface area contributed by atoms with Crippen molar-refractivity contribution in [1.82, 2.24) is 0 Å². The molecule has 17 heavy (non-hydrogen) atoms. The molecule has 0 unspecified atom stereocenters. The molecule has 0 aliphatic rings. The molecule has 0 bridgehead atoms. The molecule has 2 aromatic heterocycles. The van der Waals surface area contributed by atoms with Crippen LogP contribution >= 0.6 is 11.3 Å². The number of thiazole rings is 1. The average molecular weight is 242 g/mol. The van der Waals surface area contributed by atoms with Gasteiger partial charge in [0.25, 0.3) is 4.83 Å². The summed E-state index contributed by atoms with van der Waals surface area (Å²) in [6.45, 7) is 2.05. The number of aryl methyl sites for hydroxylation is 1. The first-order valence-electron chi connectivity index (χ1n) is 5.45. The van der Waals surface area contributed by atoms with Gasteiger partial charge in [-0.25, -0.2) is 0 Å². The normalized spacial score (nSPS) is 10.9. The van der Waals surface area contributed by atoms with Gasteiger partial charge in [0.05, 0.1) is 0 Å². The minimum absolute atomic E-state index is 0.316. The molecule has 0 fully saturated rings. The van der Waals surface area contributed by atoms with Crippen molar-refractivity contribution in [2.75, 3.05) is 0 Å². The van der Waals surface area contributed by atoms with Crippen molar-refractivity contribution in [2.45, 2.75) is 6.92 Å². The molecule has 0 amide bonds. The van der Waals surface area contributed by atoms with E-state index in [-0.39, 0.29) is 0 Å². The Morgan fingerprint density at radius 3 is 2.65 bits per heavy atom. The van der Waals surface area contributed by atoms with E-state index in [1.165, 1.54) is 5.56 Å². The summed E-state index contributed by atoms with van der Waals surface area (Å²) >= 11 is 1.60. The summed E-state index contributed by atoms with van der Waals surface area (Å²) < 4.78 is 1.82. The highest BCUT2D eigenvalue weighted by Gasteiger charge is 2.20. The summed E-state index contributed by atoms with van der Waals surface area (Å²) in [5.74, 6) is 0.316. The van der Waals surface area contributed by atoms with Crippen molar-refractivity contribution in [2.24, 2.45) is 0 Å². The molecule has 0 saturated carbocycles. The Bertz CT molecular complexity index is 673. The fourth-order valence-corrected chi connectivity index (χ4v) is 3.01. The summed E-state index contributed by atoms with van der Waals surface area (Å²) in [6.07, 6.45) is 1.91. The summed E-state index contributed by atoms with van der Waals surface area (Å²) in [7, 11) is 0. The highest BCUT2D eigenvalue weighted by atomic mass is 32.1. The maximum Gasteiger partial charge on any atom is 0.390 e. The highest BCUT2D eigenvalue weighted by Crippen LogP contribution is 2.33. The summed E-state index contributed by atoms with van der Waals surface area (Å²) in [5.41, 5.74) is 2.25. The van der Waals surface area contributed by atoms with Crippen LogP contribution < -0.4 is 4.40 Å². The number of aromatic hydroxyl groups is 1. The predicted molar refractivity (Wildman–Crippen MR) is 69.3 cm³/mol. The Morgan fingerprint density at radius 2 is 1.88 bits per heavy atom. The van der Waals surface area contributed by atoms with Gasteiger partial charge >= 0.3 is 5.88 Å². The van der Waals surface area contributed by atoms with E-state index in [9.17, 15) is 5.11 Å². The Kier molecular flexibility index (Phi) is 2.34. The van der Waals surface area contributed by atoms with Crippen LogP contribution in [-0.4, -0.2) is 5.11 Å². The number of pyridine rings is 1. The van der Waals surface area contributed by atoms with Gasteiger partial charge in [0.15, 0.2) is 11.1 Å². The van der Waals surface area contributed by atoms with Crippen LogP contribution in [0.15, 0.2) is 48.7 Å². The Balaban J connectivity index is 2.28. The van der Waals surface area contributed by atoms with E-state index in [0.717, 1.165) is 15.3 Å². The van der Waals surface area contributed by atoms with Crippen LogP contribution in [0.25, 0.3) is 15.3 Å². The SMILES string of the molecule is Cc1cc[n+]2c(O)c(-c3ccccc3)sc2c1. The van der Waals surface area contributed by atoms with Crippen LogP contribution in [0.1, 0.15) is 5.56 Å². The van der Waals surface area contributed by atoms with E-state index < -0.39 is 0 Å². The van der Waals surface area contributed by atoms with Crippen LogP contribution in [0.4, 0.5) is 0 Å². The van der Waals surface area contributed by atoms with Gasteiger partial charge in [0.1, 0.15) is 0 Å². The van der Waals surface area contributed by atoms with Crippen LogP contribution in [0.5, 0.6) is 5.88 Å². The van der Waals surface area contributed by atoms with Crippen LogP contribution in [-0.2, 0) is 0 Å². The molecular weight excluding hydrogens is 230 g/mol. The molecule has 0 spiro atoms. The zero-order valence-electron chi connectivity index (χ0n) is 9.42. The second kappa shape index (κ2) is 3.86. The molecule has 0 atom stereocenters. The molecule has 3 rings (SSSR count). The standard InChI is InChI=1S/C14H11NOS/c1-10-7-8-15-12(9-10)17-13(14(15)16)11-5-3-2-4-6-11/h2-9H,1H3/p+1. The van der Waals surface area contributed by atoms with E-state index in [1.54, 1.807) is 11.3 Å². The van der Waals surface area contributed by atoms with Crippen molar-refractivity contribution in [3.05, 3.63) is 54.2 Å². The van der Waals surface area contributed by atoms with Crippen LogP contribution in [0.2, 0.25) is 0 Å². The van der Waals surface area contributed by atoms with Crippen molar-refractivity contribution < 1.29 is 9.51 Å². The lowest BCUT2D eigenvalue weighted by molar-refractivity contribution is -0.517. The third-order valence-electron chi connectivity index (χ3n) is 2.75. The number of hydrogen-bond donors (Lipinski definition) is 1. The van der Waals surface area contributed by atoms with E-state index in [2.05, 4.69) is 13.0 Å². The second-order valence-corrected chi connectivity index (χ2v) is 5.06. The van der Waals surface area contributed by atoms with E-state index in [1.807, 2.05) is 47.0 Å². The smallest absolute Gasteiger partial charge is 0.390 e. The van der Waals surface area contributed by atoms with Gasteiger partial charge < -0.3 is 5.11 Å². The van der Waals surface area contributed by atoms with Gasteiger partial charge in [0.2, 0.25) is 0 Å². The van der Waals surface area contributed by atoms with Gasteiger partial charge in [-0.3, -0.25) is 0 Å². The molecular formula is C14H12NOS+. The third-order valence-corrected chi connectivity index (χ3v) is 3.90. The van der Waals surface area contributed by atoms with Crippen LogP contribution in [0, 0.1) is 6.92 Å². The second-order valence-electron chi connectivity index (χ2n) is 4.03. The first-order valence-corrected chi connectivity index (χ1v) is 6.26. The van der Waals surface area contributed by atoms with Gasteiger partial charge in [-0.2, -0.15) is 0 Å². The Hall–Kier alpha value is -1.87. The quantitative estimate of drug-likeness (QED) is 0.651. The molecule has 0 aliphatic carbocycles.